The van der Waals surface area contributed by atoms with Crippen molar-refractivity contribution in [2.45, 2.75) is 51.2 Å². The zero-order valence-electron chi connectivity index (χ0n) is 8.72. The molecule has 1 N–H and O–H groups in total. The standard InChI is InChI=1S/C10H19NO2/c1-8(2)11-9(12)7-10(13-3)5-4-6-10/h8H,4-7H2,1-3H3,(H,11,12). The lowest BCUT2D eigenvalue weighted by molar-refractivity contribution is -0.134. The van der Waals surface area contributed by atoms with E-state index in [0.29, 0.717) is 6.42 Å². The van der Waals surface area contributed by atoms with E-state index in [1.807, 2.05) is 13.8 Å². The second-order valence-corrected chi connectivity index (χ2v) is 4.14. The van der Waals surface area contributed by atoms with Crippen LogP contribution in [0.15, 0.2) is 0 Å². The molecule has 1 amide bonds. The second kappa shape index (κ2) is 4.09. The zero-order valence-corrected chi connectivity index (χ0v) is 8.72. The summed E-state index contributed by atoms with van der Waals surface area (Å²) in [4.78, 5) is 11.4. The maximum absolute atomic E-state index is 11.4. The van der Waals surface area contributed by atoms with E-state index in [9.17, 15) is 4.79 Å². The highest BCUT2D eigenvalue weighted by molar-refractivity contribution is 5.77. The fourth-order valence-electron chi connectivity index (χ4n) is 1.69. The van der Waals surface area contributed by atoms with E-state index in [0.717, 1.165) is 12.8 Å². The molecule has 0 saturated heterocycles. The molecule has 0 aromatic heterocycles. The number of hydrogen-bond donors (Lipinski definition) is 1. The first-order chi connectivity index (χ1) is 6.08. The summed E-state index contributed by atoms with van der Waals surface area (Å²) >= 11 is 0. The Labute approximate surface area is 79.8 Å². The summed E-state index contributed by atoms with van der Waals surface area (Å²) in [5.74, 6) is 0.108. The molecule has 1 aliphatic rings. The molecule has 0 spiro atoms. The Morgan fingerprint density at radius 1 is 1.54 bits per heavy atom. The average Bonchev–Trinajstić information content (AvgIpc) is 1.95. The van der Waals surface area contributed by atoms with Crippen molar-refractivity contribution in [1.82, 2.24) is 5.32 Å². The van der Waals surface area contributed by atoms with E-state index in [4.69, 9.17) is 4.74 Å². The van der Waals surface area contributed by atoms with Crippen LogP contribution in [0.5, 0.6) is 0 Å². The number of carbonyl (C=O) groups excluding carboxylic acids is 1. The van der Waals surface area contributed by atoms with Crippen molar-refractivity contribution < 1.29 is 9.53 Å². The predicted molar refractivity (Wildman–Crippen MR) is 51.5 cm³/mol. The lowest BCUT2D eigenvalue weighted by Crippen LogP contribution is -2.45. The minimum Gasteiger partial charge on any atom is -0.378 e. The summed E-state index contributed by atoms with van der Waals surface area (Å²) in [6, 6.07) is 0.224. The third-order valence-corrected chi connectivity index (χ3v) is 2.63. The number of carbonyl (C=O) groups is 1. The van der Waals surface area contributed by atoms with Crippen LogP contribution in [-0.4, -0.2) is 24.7 Å². The molecule has 1 saturated carbocycles. The van der Waals surface area contributed by atoms with Gasteiger partial charge in [-0.3, -0.25) is 4.79 Å². The highest BCUT2D eigenvalue weighted by atomic mass is 16.5. The first-order valence-corrected chi connectivity index (χ1v) is 4.92. The van der Waals surface area contributed by atoms with Crippen LogP contribution in [0.1, 0.15) is 39.5 Å². The largest absolute Gasteiger partial charge is 0.378 e. The highest BCUT2D eigenvalue weighted by Crippen LogP contribution is 2.37. The topological polar surface area (TPSA) is 38.3 Å². The van der Waals surface area contributed by atoms with Crippen LogP contribution >= 0.6 is 0 Å². The molecule has 0 atom stereocenters. The van der Waals surface area contributed by atoms with Gasteiger partial charge in [-0.25, -0.2) is 0 Å². The van der Waals surface area contributed by atoms with E-state index in [1.54, 1.807) is 7.11 Å². The quantitative estimate of drug-likeness (QED) is 0.720. The number of ether oxygens (including phenoxy) is 1. The minimum absolute atomic E-state index is 0.108. The molecule has 0 unspecified atom stereocenters. The van der Waals surface area contributed by atoms with Gasteiger partial charge in [0.05, 0.1) is 12.0 Å². The summed E-state index contributed by atoms with van der Waals surface area (Å²) in [5, 5.41) is 2.88. The maximum atomic E-state index is 11.4. The monoisotopic (exact) mass is 185 g/mol. The van der Waals surface area contributed by atoms with Crippen LogP contribution in [0, 0.1) is 0 Å². The molecule has 0 heterocycles. The lowest BCUT2D eigenvalue weighted by atomic mass is 9.77. The fraction of sp³-hybridized carbons (Fsp3) is 0.900. The van der Waals surface area contributed by atoms with Gasteiger partial charge in [0.1, 0.15) is 0 Å². The van der Waals surface area contributed by atoms with Crippen molar-refractivity contribution in [3.05, 3.63) is 0 Å². The maximum Gasteiger partial charge on any atom is 0.223 e. The van der Waals surface area contributed by atoms with Crippen molar-refractivity contribution in [3.63, 3.8) is 0 Å². The van der Waals surface area contributed by atoms with Gasteiger partial charge in [0.2, 0.25) is 5.91 Å². The molecule has 76 valence electrons. The fourth-order valence-corrected chi connectivity index (χ4v) is 1.69. The van der Waals surface area contributed by atoms with Crippen molar-refractivity contribution in [2.24, 2.45) is 0 Å². The average molecular weight is 185 g/mol. The SMILES string of the molecule is COC1(CC(=O)NC(C)C)CCC1. The highest BCUT2D eigenvalue weighted by Gasteiger charge is 2.38. The number of hydrogen-bond acceptors (Lipinski definition) is 2. The summed E-state index contributed by atoms with van der Waals surface area (Å²) < 4.78 is 5.37. The Morgan fingerprint density at radius 3 is 2.46 bits per heavy atom. The first kappa shape index (κ1) is 10.5. The van der Waals surface area contributed by atoms with Gasteiger partial charge in [-0.2, -0.15) is 0 Å². The molecule has 3 nitrogen and oxygen atoms in total. The van der Waals surface area contributed by atoms with Crippen LogP contribution in [0.4, 0.5) is 0 Å². The van der Waals surface area contributed by atoms with Gasteiger partial charge in [0.15, 0.2) is 0 Å². The summed E-state index contributed by atoms with van der Waals surface area (Å²) in [6.07, 6.45) is 3.74. The predicted octanol–water partition coefficient (Wildman–Crippen LogP) is 1.47. The van der Waals surface area contributed by atoms with Crippen LogP contribution in [0.2, 0.25) is 0 Å². The van der Waals surface area contributed by atoms with Crippen LogP contribution in [-0.2, 0) is 9.53 Å². The Morgan fingerprint density at radius 2 is 2.15 bits per heavy atom. The van der Waals surface area contributed by atoms with E-state index in [-0.39, 0.29) is 17.6 Å². The van der Waals surface area contributed by atoms with Crippen molar-refractivity contribution in [2.75, 3.05) is 7.11 Å². The van der Waals surface area contributed by atoms with Crippen LogP contribution in [0.25, 0.3) is 0 Å². The van der Waals surface area contributed by atoms with Crippen LogP contribution < -0.4 is 5.32 Å². The van der Waals surface area contributed by atoms with E-state index in [1.165, 1.54) is 6.42 Å². The minimum atomic E-state index is -0.140. The number of amides is 1. The number of methoxy groups -OCH3 is 1. The lowest BCUT2D eigenvalue weighted by Gasteiger charge is -2.40. The van der Waals surface area contributed by atoms with Gasteiger partial charge in [0.25, 0.3) is 0 Å². The van der Waals surface area contributed by atoms with Crippen molar-refractivity contribution >= 4 is 5.91 Å². The number of rotatable bonds is 4. The van der Waals surface area contributed by atoms with Gasteiger partial charge in [-0.1, -0.05) is 0 Å². The van der Waals surface area contributed by atoms with Gasteiger partial charge in [-0.15, -0.1) is 0 Å². The van der Waals surface area contributed by atoms with Crippen LogP contribution in [0.3, 0.4) is 0 Å². The molecule has 0 bridgehead atoms. The molecule has 1 fully saturated rings. The van der Waals surface area contributed by atoms with Gasteiger partial charge in [-0.05, 0) is 33.1 Å². The molecule has 1 aliphatic carbocycles. The van der Waals surface area contributed by atoms with Gasteiger partial charge in [0, 0.05) is 13.2 Å². The Balaban J connectivity index is 2.34. The van der Waals surface area contributed by atoms with Gasteiger partial charge >= 0.3 is 0 Å². The Hall–Kier alpha value is -0.570. The summed E-state index contributed by atoms with van der Waals surface area (Å²) in [5.41, 5.74) is -0.140. The summed E-state index contributed by atoms with van der Waals surface area (Å²) in [6.45, 7) is 3.94. The van der Waals surface area contributed by atoms with E-state index in [2.05, 4.69) is 5.32 Å². The Bertz CT molecular complexity index is 180. The van der Waals surface area contributed by atoms with Crippen molar-refractivity contribution in [3.8, 4) is 0 Å². The molecule has 13 heavy (non-hydrogen) atoms. The van der Waals surface area contributed by atoms with Crippen molar-refractivity contribution in [1.29, 1.82) is 0 Å². The molecule has 0 aromatic carbocycles. The first-order valence-electron chi connectivity index (χ1n) is 4.92. The van der Waals surface area contributed by atoms with E-state index < -0.39 is 0 Å². The third kappa shape index (κ3) is 2.69. The van der Waals surface area contributed by atoms with Gasteiger partial charge < -0.3 is 10.1 Å². The zero-order chi connectivity index (χ0) is 9.90. The molecule has 3 heteroatoms. The molecular formula is C10H19NO2. The number of nitrogens with one attached hydrogen (secondary N) is 1. The molecule has 0 aliphatic heterocycles. The normalized spacial score (nSPS) is 19.7. The Kier molecular flexibility index (Phi) is 3.31. The van der Waals surface area contributed by atoms with E-state index >= 15 is 0 Å². The second-order valence-electron chi connectivity index (χ2n) is 4.14. The molecule has 0 aromatic rings. The molecule has 0 radical (unpaired) electrons. The smallest absolute Gasteiger partial charge is 0.223 e. The molecular weight excluding hydrogens is 166 g/mol. The third-order valence-electron chi connectivity index (χ3n) is 2.63. The summed E-state index contributed by atoms with van der Waals surface area (Å²) in [7, 11) is 1.70. The molecule has 1 rings (SSSR count).